The van der Waals surface area contributed by atoms with E-state index in [1.807, 2.05) is 6.08 Å². The summed E-state index contributed by atoms with van der Waals surface area (Å²) in [5, 5.41) is 9.39. The van der Waals surface area contributed by atoms with Gasteiger partial charge in [-0.25, -0.2) is 4.79 Å². The Morgan fingerprint density at radius 3 is 2.95 bits per heavy atom. The number of hydrogen-bond acceptors (Lipinski definition) is 3. The van der Waals surface area contributed by atoms with Crippen molar-refractivity contribution in [3.05, 3.63) is 36.0 Å². The third-order valence-corrected chi connectivity index (χ3v) is 3.65. The van der Waals surface area contributed by atoms with Gasteiger partial charge in [0.15, 0.2) is 0 Å². The molecule has 2 heterocycles. The summed E-state index contributed by atoms with van der Waals surface area (Å²) < 4.78 is 5.12. The van der Waals surface area contributed by atoms with Gasteiger partial charge < -0.3 is 14.7 Å². The Balaban J connectivity index is 2.15. The number of anilines is 1. The average Bonchev–Trinajstić information content (AvgIpc) is 2.87. The molecule has 0 spiro atoms. The highest BCUT2D eigenvalue weighted by Gasteiger charge is 2.36. The van der Waals surface area contributed by atoms with Crippen molar-refractivity contribution in [3.63, 3.8) is 0 Å². The molecule has 0 radical (unpaired) electrons. The zero-order valence-electron chi connectivity index (χ0n) is 10.9. The van der Waals surface area contributed by atoms with Crippen LogP contribution in [0.3, 0.4) is 0 Å². The van der Waals surface area contributed by atoms with Gasteiger partial charge in [0.25, 0.3) is 5.91 Å². The number of benzene rings is 1. The lowest BCUT2D eigenvalue weighted by molar-refractivity contribution is 0.0794. The first kappa shape index (κ1) is 12.5. The number of fused-ring (bicyclic) bond motifs is 2. The first-order chi connectivity index (χ1) is 9.61. The Kier molecular flexibility index (Phi) is 2.85. The van der Waals surface area contributed by atoms with Crippen LogP contribution in [0.4, 0.5) is 10.5 Å². The maximum absolute atomic E-state index is 12.6. The van der Waals surface area contributed by atoms with Crippen LogP contribution in [0.1, 0.15) is 16.8 Å². The molecule has 0 aliphatic carbocycles. The van der Waals surface area contributed by atoms with Gasteiger partial charge in [-0.05, 0) is 24.6 Å². The molecule has 0 aromatic heterocycles. The molecule has 0 fully saturated rings. The SMILES string of the molecule is COc1ccc2c(c1)C(=O)N1C=CCC1CN2C(=O)O. The van der Waals surface area contributed by atoms with Gasteiger partial charge in [-0.15, -0.1) is 0 Å². The van der Waals surface area contributed by atoms with Gasteiger partial charge in [-0.1, -0.05) is 6.08 Å². The number of methoxy groups -OCH3 is 1. The summed E-state index contributed by atoms with van der Waals surface area (Å²) in [6.07, 6.45) is 3.22. The minimum Gasteiger partial charge on any atom is -0.497 e. The van der Waals surface area contributed by atoms with Crippen LogP contribution in [0.15, 0.2) is 30.5 Å². The van der Waals surface area contributed by atoms with Gasteiger partial charge in [-0.3, -0.25) is 9.69 Å². The average molecular weight is 274 g/mol. The molecule has 6 nitrogen and oxygen atoms in total. The van der Waals surface area contributed by atoms with Crippen molar-refractivity contribution in [2.24, 2.45) is 0 Å². The monoisotopic (exact) mass is 274 g/mol. The number of ether oxygens (including phenoxy) is 1. The second-order valence-corrected chi connectivity index (χ2v) is 4.76. The van der Waals surface area contributed by atoms with E-state index in [1.54, 1.807) is 29.3 Å². The highest BCUT2D eigenvalue weighted by atomic mass is 16.5. The summed E-state index contributed by atoms with van der Waals surface area (Å²) in [6.45, 7) is 0.271. The van der Waals surface area contributed by atoms with Crippen molar-refractivity contribution in [2.45, 2.75) is 12.5 Å². The fourth-order valence-electron chi connectivity index (χ4n) is 2.64. The lowest BCUT2D eigenvalue weighted by Crippen LogP contribution is -2.40. The van der Waals surface area contributed by atoms with E-state index in [4.69, 9.17) is 4.74 Å². The van der Waals surface area contributed by atoms with E-state index in [-0.39, 0.29) is 18.5 Å². The largest absolute Gasteiger partial charge is 0.497 e. The summed E-state index contributed by atoms with van der Waals surface area (Å²) in [4.78, 5) is 26.8. The fraction of sp³-hybridized carbons (Fsp3) is 0.286. The van der Waals surface area contributed by atoms with E-state index in [0.717, 1.165) is 0 Å². The Morgan fingerprint density at radius 2 is 2.25 bits per heavy atom. The van der Waals surface area contributed by atoms with Crippen molar-refractivity contribution in [3.8, 4) is 5.75 Å². The van der Waals surface area contributed by atoms with E-state index in [0.29, 0.717) is 23.4 Å². The number of hydrogen-bond donors (Lipinski definition) is 1. The second kappa shape index (κ2) is 4.56. The fourth-order valence-corrected chi connectivity index (χ4v) is 2.64. The van der Waals surface area contributed by atoms with Crippen LogP contribution in [0, 0.1) is 0 Å². The lowest BCUT2D eigenvalue weighted by Gasteiger charge is -2.23. The Hall–Kier alpha value is -2.50. The maximum Gasteiger partial charge on any atom is 0.411 e. The first-order valence-electron chi connectivity index (χ1n) is 6.29. The molecular formula is C14H14N2O4. The minimum absolute atomic E-state index is 0.142. The summed E-state index contributed by atoms with van der Waals surface area (Å²) in [5.74, 6) is 0.338. The van der Waals surface area contributed by atoms with Gasteiger partial charge in [0.1, 0.15) is 5.75 Å². The predicted octanol–water partition coefficient (Wildman–Crippen LogP) is 1.92. The molecule has 2 aliphatic rings. The van der Waals surface area contributed by atoms with Crippen LogP contribution in [0.25, 0.3) is 0 Å². The Bertz CT molecular complexity index is 611. The second-order valence-electron chi connectivity index (χ2n) is 4.76. The first-order valence-corrected chi connectivity index (χ1v) is 6.29. The number of carbonyl (C=O) groups excluding carboxylic acids is 1. The molecule has 2 aliphatic heterocycles. The summed E-state index contributed by atoms with van der Waals surface area (Å²) in [5.41, 5.74) is 0.756. The Morgan fingerprint density at radius 1 is 1.45 bits per heavy atom. The maximum atomic E-state index is 12.6. The molecular weight excluding hydrogens is 260 g/mol. The highest BCUT2D eigenvalue weighted by molar-refractivity contribution is 6.05. The zero-order valence-corrected chi connectivity index (χ0v) is 10.9. The van der Waals surface area contributed by atoms with E-state index >= 15 is 0 Å². The van der Waals surface area contributed by atoms with Crippen LogP contribution < -0.4 is 9.64 Å². The van der Waals surface area contributed by atoms with E-state index < -0.39 is 6.09 Å². The summed E-state index contributed by atoms with van der Waals surface area (Å²) >= 11 is 0. The number of carboxylic acid groups (broad SMARTS) is 1. The van der Waals surface area contributed by atoms with Gasteiger partial charge in [0.2, 0.25) is 0 Å². The molecule has 1 aromatic rings. The lowest BCUT2D eigenvalue weighted by atomic mass is 10.1. The van der Waals surface area contributed by atoms with Crippen LogP contribution in [-0.2, 0) is 0 Å². The van der Waals surface area contributed by atoms with Crippen molar-refractivity contribution in [1.82, 2.24) is 4.90 Å². The normalized spacial score (nSPS) is 20.4. The molecule has 20 heavy (non-hydrogen) atoms. The van der Waals surface area contributed by atoms with Crippen LogP contribution >= 0.6 is 0 Å². The van der Waals surface area contributed by atoms with Crippen LogP contribution in [0.2, 0.25) is 0 Å². The number of amides is 2. The molecule has 0 bridgehead atoms. The molecule has 2 amide bonds. The highest BCUT2D eigenvalue weighted by Crippen LogP contribution is 2.33. The standard InChI is InChI=1S/C14H14N2O4/c1-20-10-4-5-12-11(7-10)13(17)15-6-2-3-9(15)8-16(12)14(18)19/h2,4-7,9H,3,8H2,1H3,(H,18,19). The van der Waals surface area contributed by atoms with Crippen molar-refractivity contribution in [2.75, 3.05) is 18.6 Å². The van der Waals surface area contributed by atoms with E-state index in [9.17, 15) is 14.7 Å². The van der Waals surface area contributed by atoms with Crippen molar-refractivity contribution >= 4 is 17.7 Å². The van der Waals surface area contributed by atoms with Gasteiger partial charge >= 0.3 is 6.09 Å². The van der Waals surface area contributed by atoms with Crippen LogP contribution in [0.5, 0.6) is 5.75 Å². The number of carbonyl (C=O) groups is 2. The van der Waals surface area contributed by atoms with Gasteiger partial charge in [0.05, 0.1) is 30.9 Å². The molecule has 1 aromatic carbocycles. The third-order valence-electron chi connectivity index (χ3n) is 3.65. The molecule has 1 N–H and O–H groups in total. The van der Waals surface area contributed by atoms with Gasteiger partial charge in [0, 0.05) is 6.20 Å². The molecule has 3 rings (SSSR count). The molecule has 6 heteroatoms. The van der Waals surface area contributed by atoms with E-state index in [2.05, 4.69) is 0 Å². The molecule has 1 atom stereocenters. The summed E-state index contributed by atoms with van der Waals surface area (Å²) in [6, 6.07) is 4.72. The van der Waals surface area contributed by atoms with Crippen molar-refractivity contribution < 1.29 is 19.4 Å². The smallest absolute Gasteiger partial charge is 0.411 e. The van der Waals surface area contributed by atoms with E-state index in [1.165, 1.54) is 12.0 Å². The quantitative estimate of drug-likeness (QED) is 0.849. The minimum atomic E-state index is -1.06. The van der Waals surface area contributed by atoms with Gasteiger partial charge in [-0.2, -0.15) is 0 Å². The topological polar surface area (TPSA) is 70.1 Å². The molecule has 1 unspecified atom stereocenters. The molecule has 104 valence electrons. The van der Waals surface area contributed by atoms with Crippen molar-refractivity contribution in [1.29, 1.82) is 0 Å². The molecule has 0 saturated carbocycles. The predicted molar refractivity (Wildman–Crippen MR) is 72.1 cm³/mol. The van der Waals surface area contributed by atoms with Crippen LogP contribution in [-0.4, -0.2) is 41.7 Å². The Labute approximate surface area is 115 Å². The third kappa shape index (κ3) is 1.80. The number of rotatable bonds is 1. The number of nitrogens with zero attached hydrogens (tertiary/aromatic N) is 2. The zero-order chi connectivity index (χ0) is 14.3. The summed E-state index contributed by atoms with van der Waals surface area (Å²) in [7, 11) is 1.51. The molecule has 0 saturated heterocycles.